The molecule has 1 saturated carbocycles. The highest BCUT2D eigenvalue weighted by Gasteiger charge is 2.49. The minimum Gasteiger partial charge on any atom is -0.406 e. The van der Waals surface area contributed by atoms with Crippen LogP contribution < -0.4 is 4.74 Å². The molecular formula is C18H16F3N2OP. The molecule has 0 spiro atoms. The average molecular weight is 364 g/mol. The van der Waals surface area contributed by atoms with Crippen LogP contribution in [0.5, 0.6) is 5.75 Å². The average Bonchev–Trinajstić information content (AvgIpc) is 2.98. The molecule has 0 amide bonds. The minimum atomic E-state index is -4.68. The Kier molecular flexibility index (Phi) is 3.58. The van der Waals surface area contributed by atoms with Gasteiger partial charge in [0.25, 0.3) is 0 Å². The number of fused-ring (bicyclic) bond motifs is 1. The van der Waals surface area contributed by atoms with E-state index >= 15 is 0 Å². The number of ether oxygens (including phenoxy) is 1. The number of aromatic nitrogens is 2. The summed E-state index contributed by atoms with van der Waals surface area (Å²) in [6.45, 7) is 2.19. The third-order valence-electron chi connectivity index (χ3n) is 4.57. The number of alkyl halides is 3. The zero-order chi connectivity index (χ0) is 17.8. The predicted molar refractivity (Wildman–Crippen MR) is 92.8 cm³/mol. The van der Waals surface area contributed by atoms with Gasteiger partial charge in [-0.15, -0.1) is 22.4 Å². The largest absolute Gasteiger partial charge is 0.573 e. The zero-order valence-electron chi connectivity index (χ0n) is 13.4. The number of hydrogen-bond donors (Lipinski definition) is 0. The van der Waals surface area contributed by atoms with E-state index in [0.29, 0.717) is 5.92 Å². The Hall–Kier alpha value is -2.07. The Bertz CT molecular complexity index is 932. The van der Waals surface area contributed by atoms with Crippen molar-refractivity contribution in [3.05, 3.63) is 54.6 Å². The van der Waals surface area contributed by atoms with Crippen LogP contribution in [0.15, 0.2) is 48.8 Å². The van der Waals surface area contributed by atoms with Crippen molar-refractivity contribution in [3.8, 4) is 16.9 Å². The quantitative estimate of drug-likeness (QED) is 0.610. The van der Waals surface area contributed by atoms with Crippen LogP contribution in [0.2, 0.25) is 0 Å². The van der Waals surface area contributed by atoms with Gasteiger partial charge in [-0.3, -0.25) is 0 Å². The van der Waals surface area contributed by atoms with Crippen molar-refractivity contribution in [2.45, 2.75) is 30.8 Å². The van der Waals surface area contributed by atoms with Crippen LogP contribution in [0.4, 0.5) is 13.2 Å². The molecular weight excluding hydrogens is 348 g/mol. The summed E-state index contributed by atoms with van der Waals surface area (Å²) in [5.74, 6) is 1.20. The van der Waals surface area contributed by atoms with Gasteiger partial charge in [0, 0.05) is 12.1 Å². The molecule has 7 heteroatoms. The van der Waals surface area contributed by atoms with Crippen LogP contribution in [-0.2, 0) is 0 Å². The Morgan fingerprint density at radius 2 is 1.80 bits per heavy atom. The van der Waals surface area contributed by atoms with Crippen molar-refractivity contribution in [1.29, 1.82) is 0 Å². The van der Waals surface area contributed by atoms with E-state index in [1.54, 1.807) is 12.1 Å². The van der Waals surface area contributed by atoms with E-state index in [-0.39, 0.29) is 10.9 Å². The molecule has 3 nitrogen and oxygen atoms in total. The van der Waals surface area contributed by atoms with Crippen LogP contribution in [0, 0.1) is 0 Å². The standard InChI is InChI=1S/C18H16F3N2OP/c1-17(25)8-15(17)16-22-9-13-5-2-12(10-23(13)16)11-3-6-14(7-4-11)24-18(19,20)21/h2-7,9-10,15H,8,25H2,1H3. The summed E-state index contributed by atoms with van der Waals surface area (Å²) in [4.78, 5) is 4.55. The van der Waals surface area contributed by atoms with E-state index in [0.717, 1.165) is 28.9 Å². The molecule has 3 unspecified atom stereocenters. The molecule has 1 aliphatic rings. The third kappa shape index (κ3) is 3.23. The second-order valence-corrected chi connectivity index (χ2v) is 7.98. The lowest BCUT2D eigenvalue weighted by Gasteiger charge is -2.10. The van der Waals surface area contributed by atoms with E-state index in [1.165, 1.54) is 12.1 Å². The van der Waals surface area contributed by atoms with Gasteiger partial charge in [0.05, 0.1) is 11.7 Å². The molecule has 3 aromatic rings. The Labute approximate surface area is 145 Å². The van der Waals surface area contributed by atoms with E-state index in [4.69, 9.17) is 0 Å². The molecule has 1 aliphatic carbocycles. The van der Waals surface area contributed by atoms with Gasteiger partial charge >= 0.3 is 6.36 Å². The lowest BCUT2D eigenvalue weighted by Crippen LogP contribution is -2.16. The van der Waals surface area contributed by atoms with Gasteiger partial charge in [-0.2, -0.15) is 0 Å². The van der Waals surface area contributed by atoms with E-state index in [1.807, 2.05) is 24.5 Å². The first-order valence-corrected chi connectivity index (χ1v) is 8.43. The molecule has 0 aliphatic heterocycles. The number of nitrogens with zero attached hydrogens (tertiary/aromatic N) is 2. The summed E-state index contributed by atoms with van der Waals surface area (Å²) in [7, 11) is 2.88. The maximum atomic E-state index is 12.3. The van der Waals surface area contributed by atoms with Crippen LogP contribution in [0.3, 0.4) is 0 Å². The first-order valence-electron chi connectivity index (χ1n) is 7.85. The monoisotopic (exact) mass is 364 g/mol. The van der Waals surface area contributed by atoms with Gasteiger partial charge in [0.2, 0.25) is 0 Å². The summed E-state index contributed by atoms with van der Waals surface area (Å²) in [5.41, 5.74) is 2.74. The number of hydrogen-bond acceptors (Lipinski definition) is 2. The van der Waals surface area contributed by atoms with Crippen molar-refractivity contribution < 1.29 is 17.9 Å². The van der Waals surface area contributed by atoms with Crippen molar-refractivity contribution in [1.82, 2.24) is 9.38 Å². The minimum absolute atomic E-state index is 0.188. The molecule has 3 atom stereocenters. The molecule has 0 saturated heterocycles. The topological polar surface area (TPSA) is 26.5 Å². The molecule has 0 N–H and O–H groups in total. The number of pyridine rings is 1. The lowest BCUT2D eigenvalue weighted by atomic mass is 10.1. The Morgan fingerprint density at radius 1 is 1.16 bits per heavy atom. The third-order valence-corrected chi connectivity index (χ3v) is 5.21. The highest BCUT2D eigenvalue weighted by atomic mass is 31.0. The van der Waals surface area contributed by atoms with Crippen LogP contribution >= 0.6 is 9.24 Å². The zero-order valence-corrected chi connectivity index (χ0v) is 14.6. The predicted octanol–water partition coefficient (Wildman–Crippen LogP) is 5.02. The Morgan fingerprint density at radius 3 is 2.40 bits per heavy atom. The summed E-state index contributed by atoms with van der Waals surface area (Å²) >= 11 is 0. The van der Waals surface area contributed by atoms with E-state index < -0.39 is 6.36 Å². The molecule has 1 aromatic carbocycles. The van der Waals surface area contributed by atoms with Crippen molar-refractivity contribution in [2.24, 2.45) is 0 Å². The molecule has 1 fully saturated rings. The molecule has 2 heterocycles. The molecule has 2 aromatic heterocycles. The molecule has 0 bridgehead atoms. The van der Waals surface area contributed by atoms with Crippen LogP contribution in [-0.4, -0.2) is 20.9 Å². The van der Waals surface area contributed by atoms with Gasteiger partial charge in [0.1, 0.15) is 11.6 Å². The first kappa shape index (κ1) is 16.4. The van der Waals surface area contributed by atoms with Crippen molar-refractivity contribution in [3.63, 3.8) is 0 Å². The van der Waals surface area contributed by atoms with Gasteiger partial charge in [-0.1, -0.05) is 25.1 Å². The van der Waals surface area contributed by atoms with Crippen molar-refractivity contribution >= 4 is 14.8 Å². The van der Waals surface area contributed by atoms with E-state index in [9.17, 15) is 13.2 Å². The second-order valence-electron chi connectivity index (χ2n) is 6.66. The van der Waals surface area contributed by atoms with Crippen LogP contribution in [0.1, 0.15) is 25.1 Å². The molecule has 4 rings (SSSR count). The maximum absolute atomic E-state index is 12.3. The van der Waals surface area contributed by atoms with Gasteiger partial charge < -0.3 is 9.14 Å². The number of halogens is 3. The second kappa shape index (κ2) is 5.46. The molecule has 130 valence electrons. The number of imidazole rings is 1. The SMILES string of the molecule is CC1(P)CC1c1ncc2ccc(-c3ccc(OC(F)(F)F)cc3)cn12. The molecule has 25 heavy (non-hydrogen) atoms. The van der Waals surface area contributed by atoms with Crippen molar-refractivity contribution in [2.75, 3.05) is 0 Å². The highest BCUT2D eigenvalue weighted by molar-refractivity contribution is 7.19. The fraction of sp³-hybridized carbons (Fsp3) is 0.278. The summed E-state index contributed by atoms with van der Waals surface area (Å²) in [6.07, 6.45) is 0.223. The summed E-state index contributed by atoms with van der Waals surface area (Å²) in [6, 6.07) is 9.79. The van der Waals surface area contributed by atoms with Gasteiger partial charge in [-0.25, -0.2) is 4.98 Å². The first-order chi connectivity index (χ1) is 11.7. The highest BCUT2D eigenvalue weighted by Crippen LogP contribution is 2.57. The smallest absolute Gasteiger partial charge is 0.406 e. The molecule has 0 radical (unpaired) electrons. The summed E-state index contributed by atoms with van der Waals surface area (Å²) in [5, 5.41) is 0.188. The van der Waals surface area contributed by atoms with Crippen LogP contribution in [0.25, 0.3) is 16.6 Å². The number of benzene rings is 1. The maximum Gasteiger partial charge on any atom is 0.573 e. The normalized spacial score (nSPS) is 23.0. The lowest BCUT2D eigenvalue weighted by molar-refractivity contribution is -0.274. The number of rotatable bonds is 3. The fourth-order valence-corrected chi connectivity index (χ4v) is 3.44. The fourth-order valence-electron chi connectivity index (χ4n) is 3.06. The summed E-state index contributed by atoms with van der Waals surface area (Å²) < 4.78 is 42.8. The van der Waals surface area contributed by atoms with Gasteiger partial charge in [0.15, 0.2) is 0 Å². The van der Waals surface area contributed by atoms with Gasteiger partial charge in [-0.05, 0) is 40.9 Å². The van der Waals surface area contributed by atoms with E-state index in [2.05, 4.69) is 30.3 Å². The Balaban J connectivity index is 1.66.